The summed E-state index contributed by atoms with van der Waals surface area (Å²) in [6.07, 6.45) is 6.95. The molecule has 0 bridgehead atoms. The predicted molar refractivity (Wildman–Crippen MR) is 55.7 cm³/mol. The molecule has 0 radical (unpaired) electrons. The van der Waals surface area contributed by atoms with Gasteiger partial charge in [-0.05, 0) is 19.3 Å². The van der Waals surface area contributed by atoms with Crippen LogP contribution in [0.4, 0.5) is 0 Å². The van der Waals surface area contributed by atoms with Crippen LogP contribution in [0.15, 0.2) is 0 Å². The fraction of sp³-hybridized carbons (Fsp3) is 0.917. The van der Waals surface area contributed by atoms with Gasteiger partial charge in [-0.15, -0.1) is 0 Å². The molecule has 0 heterocycles. The SMILES string of the molecule is CCCC1CCCCC(C)(C)C1=O. The Bertz CT molecular complexity index is 182. The molecule has 1 aliphatic rings. The molecule has 1 heteroatoms. The first-order valence-electron chi connectivity index (χ1n) is 5.62. The highest BCUT2D eigenvalue weighted by molar-refractivity contribution is 5.86. The summed E-state index contributed by atoms with van der Waals surface area (Å²) in [5.41, 5.74) is -0.0453. The van der Waals surface area contributed by atoms with E-state index < -0.39 is 0 Å². The topological polar surface area (TPSA) is 17.1 Å². The minimum Gasteiger partial charge on any atom is -0.299 e. The first-order valence-corrected chi connectivity index (χ1v) is 5.62. The first kappa shape index (κ1) is 10.7. The van der Waals surface area contributed by atoms with E-state index in [2.05, 4.69) is 20.8 Å². The molecule has 0 aromatic heterocycles. The van der Waals surface area contributed by atoms with Gasteiger partial charge in [-0.1, -0.05) is 40.0 Å². The fourth-order valence-electron chi connectivity index (χ4n) is 2.39. The highest BCUT2D eigenvalue weighted by Gasteiger charge is 2.34. The van der Waals surface area contributed by atoms with Crippen LogP contribution in [0.2, 0.25) is 0 Å². The number of carbonyl (C=O) groups excluding carboxylic acids is 1. The summed E-state index contributed by atoms with van der Waals surface area (Å²) in [6.45, 7) is 6.40. The Hall–Kier alpha value is -0.330. The second-order valence-corrected chi connectivity index (χ2v) is 4.98. The molecule has 1 nitrogen and oxygen atoms in total. The van der Waals surface area contributed by atoms with Gasteiger partial charge in [0.05, 0.1) is 0 Å². The van der Waals surface area contributed by atoms with Crippen molar-refractivity contribution in [3.8, 4) is 0 Å². The van der Waals surface area contributed by atoms with Crippen LogP contribution in [0.3, 0.4) is 0 Å². The molecule has 1 atom stereocenters. The lowest BCUT2D eigenvalue weighted by Gasteiger charge is -2.24. The van der Waals surface area contributed by atoms with Crippen molar-refractivity contribution in [2.24, 2.45) is 11.3 Å². The minimum absolute atomic E-state index is 0.0453. The van der Waals surface area contributed by atoms with Crippen LogP contribution >= 0.6 is 0 Å². The van der Waals surface area contributed by atoms with E-state index in [-0.39, 0.29) is 5.41 Å². The van der Waals surface area contributed by atoms with E-state index in [1.165, 1.54) is 12.8 Å². The number of rotatable bonds is 2. The van der Waals surface area contributed by atoms with Gasteiger partial charge in [-0.3, -0.25) is 4.79 Å². The van der Waals surface area contributed by atoms with Gasteiger partial charge in [0.25, 0.3) is 0 Å². The maximum atomic E-state index is 12.1. The number of ketones is 1. The molecule has 0 N–H and O–H groups in total. The number of hydrogen-bond donors (Lipinski definition) is 0. The monoisotopic (exact) mass is 182 g/mol. The zero-order valence-corrected chi connectivity index (χ0v) is 9.23. The van der Waals surface area contributed by atoms with Crippen LogP contribution in [-0.4, -0.2) is 5.78 Å². The highest BCUT2D eigenvalue weighted by atomic mass is 16.1. The summed E-state index contributed by atoms with van der Waals surface area (Å²) in [6, 6.07) is 0. The first-order chi connectivity index (χ1) is 6.08. The third kappa shape index (κ3) is 2.55. The predicted octanol–water partition coefficient (Wildman–Crippen LogP) is 3.57. The summed E-state index contributed by atoms with van der Waals surface area (Å²) >= 11 is 0. The molecule has 0 aliphatic heterocycles. The van der Waals surface area contributed by atoms with Gasteiger partial charge in [0.15, 0.2) is 0 Å². The van der Waals surface area contributed by atoms with Gasteiger partial charge < -0.3 is 0 Å². The molecule has 1 unspecified atom stereocenters. The molecule has 1 fully saturated rings. The van der Waals surface area contributed by atoms with Crippen molar-refractivity contribution in [3.05, 3.63) is 0 Å². The lowest BCUT2D eigenvalue weighted by molar-refractivity contribution is -0.131. The number of carbonyl (C=O) groups is 1. The van der Waals surface area contributed by atoms with Crippen LogP contribution in [0.1, 0.15) is 59.3 Å². The van der Waals surface area contributed by atoms with Crippen LogP contribution < -0.4 is 0 Å². The third-order valence-corrected chi connectivity index (χ3v) is 3.28. The van der Waals surface area contributed by atoms with Crippen molar-refractivity contribution in [2.45, 2.75) is 59.3 Å². The molecule has 0 spiro atoms. The van der Waals surface area contributed by atoms with Crippen molar-refractivity contribution in [1.29, 1.82) is 0 Å². The van der Waals surface area contributed by atoms with E-state index in [9.17, 15) is 4.79 Å². The van der Waals surface area contributed by atoms with E-state index in [4.69, 9.17) is 0 Å². The van der Waals surface area contributed by atoms with Crippen molar-refractivity contribution in [2.75, 3.05) is 0 Å². The molecule has 0 aromatic rings. The zero-order valence-electron chi connectivity index (χ0n) is 9.23. The molecule has 1 rings (SSSR count). The minimum atomic E-state index is -0.0453. The molecule has 0 aromatic carbocycles. The highest BCUT2D eigenvalue weighted by Crippen LogP contribution is 2.35. The zero-order chi connectivity index (χ0) is 9.90. The summed E-state index contributed by atoms with van der Waals surface area (Å²) in [7, 11) is 0. The standard InChI is InChI=1S/C12H22O/c1-4-7-10-8-5-6-9-12(2,3)11(10)13/h10H,4-9H2,1-3H3. The third-order valence-electron chi connectivity index (χ3n) is 3.28. The normalized spacial score (nSPS) is 28.5. The smallest absolute Gasteiger partial charge is 0.141 e. The quantitative estimate of drug-likeness (QED) is 0.597. The molecule has 1 saturated carbocycles. The van der Waals surface area contributed by atoms with E-state index in [1.54, 1.807) is 0 Å². The Kier molecular flexibility index (Phi) is 3.52. The Morgan fingerprint density at radius 2 is 2.08 bits per heavy atom. The molecule has 76 valence electrons. The maximum Gasteiger partial charge on any atom is 0.141 e. The second-order valence-electron chi connectivity index (χ2n) is 4.98. The fourth-order valence-corrected chi connectivity index (χ4v) is 2.39. The second kappa shape index (κ2) is 4.26. The molecule has 1 aliphatic carbocycles. The summed E-state index contributed by atoms with van der Waals surface area (Å²) in [5.74, 6) is 0.884. The van der Waals surface area contributed by atoms with Gasteiger partial charge in [-0.25, -0.2) is 0 Å². The maximum absolute atomic E-state index is 12.1. The van der Waals surface area contributed by atoms with Crippen LogP contribution in [0.25, 0.3) is 0 Å². The van der Waals surface area contributed by atoms with Crippen LogP contribution in [0.5, 0.6) is 0 Å². The van der Waals surface area contributed by atoms with Gasteiger partial charge >= 0.3 is 0 Å². The molecular weight excluding hydrogens is 160 g/mol. The van der Waals surface area contributed by atoms with Gasteiger partial charge in [0.2, 0.25) is 0 Å². The lowest BCUT2D eigenvalue weighted by atomic mass is 9.78. The summed E-state index contributed by atoms with van der Waals surface area (Å²) in [5, 5.41) is 0. The van der Waals surface area contributed by atoms with E-state index in [1.807, 2.05) is 0 Å². The molecule has 0 amide bonds. The van der Waals surface area contributed by atoms with Crippen molar-refractivity contribution in [3.63, 3.8) is 0 Å². The number of hydrogen-bond acceptors (Lipinski definition) is 1. The summed E-state index contributed by atoms with van der Waals surface area (Å²) < 4.78 is 0. The Morgan fingerprint density at radius 1 is 1.38 bits per heavy atom. The van der Waals surface area contributed by atoms with Crippen LogP contribution in [-0.2, 0) is 4.79 Å². The van der Waals surface area contributed by atoms with E-state index in [0.717, 1.165) is 25.7 Å². The van der Waals surface area contributed by atoms with E-state index >= 15 is 0 Å². The van der Waals surface area contributed by atoms with Gasteiger partial charge in [0, 0.05) is 11.3 Å². The van der Waals surface area contributed by atoms with Gasteiger partial charge in [0.1, 0.15) is 5.78 Å². The van der Waals surface area contributed by atoms with E-state index in [0.29, 0.717) is 11.7 Å². The largest absolute Gasteiger partial charge is 0.299 e. The Labute approximate surface area is 81.9 Å². The van der Waals surface area contributed by atoms with Crippen LogP contribution in [0, 0.1) is 11.3 Å². The molecule has 0 saturated heterocycles. The van der Waals surface area contributed by atoms with Crippen molar-refractivity contribution < 1.29 is 4.79 Å². The molecular formula is C12H22O. The van der Waals surface area contributed by atoms with Gasteiger partial charge in [-0.2, -0.15) is 0 Å². The molecule has 13 heavy (non-hydrogen) atoms. The number of Topliss-reactive ketones (excluding diaryl/α,β-unsaturated/α-hetero) is 1. The Morgan fingerprint density at radius 3 is 2.69 bits per heavy atom. The lowest BCUT2D eigenvalue weighted by Crippen LogP contribution is -2.29. The summed E-state index contributed by atoms with van der Waals surface area (Å²) in [4.78, 5) is 12.1. The average molecular weight is 182 g/mol. The van der Waals surface area contributed by atoms with Crippen molar-refractivity contribution in [1.82, 2.24) is 0 Å². The van der Waals surface area contributed by atoms with Crippen molar-refractivity contribution >= 4 is 5.78 Å². The average Bonchev–Trinajstić information content (AvgIpc) is 2.18. The Balaban J connectivity index is 2.68.